The Kier molecular flexibility index (Phi) is 32.2. The quantitative estimate of drug-likeness (QED) is 0.0380. The first-order valence-electron chi connectivity index (χ1n) is 28.5. The first kappa shape index (κ1) is 69.9. The van der Waals surface area contributed by atoms with Crippen LogP contribution in [0.25, 0.3) is 6.08 Å². The Balaban J connectivity index is 1.06. The van der Waals surface area contributed by atoms with Crippen molar-refractivity contribution in [3.8, 4) is 0 Å². The van der Waals surface area contributed by atoms with Crippen LogP contribution in [0.2, 0.25) is 0 Å². The van der Waals surface area contributed by atoms with E-state index in [0.29, 0.717) is 79.9 Å². The number of hydrogen-bond donors (Lipinski definition) is 10. The van der Waals surface area contributed by atoms with Crippen molar-refractivity contribution in [2.75, 3.05) is 116 Å². The Morgan fingerprint density at radius 1 is 0.776 bits per heavy atom. The van der Waals surface area contributed by atoms with E-state index in [4.69, 9.17) is 36.1 Å². The monoisotopic (exact) mass is 1210 g/mol. The molecular weight excluding hydrogens is 1130 g/mol. The molecule has 0 bridgehead atoms. The predicted octanol–water partition coefficient (Wildman–Crippen LogP) is -0.370. The lowest BCUT2D eigenvalue weighted by molar-refractivity contribution is -0.138. The Hall–Kier alpha value is -7.57. The molecule has 0 aliphatic carbocycles. The van der Waals surface area contributed by atoms with Gasteiger partial charge >= 0.3 is 5.97 Å². The maximum Gasteiger partial charge on any atom is 0.305 e. The Labute approximate surface area is 498 Å². The highest BCUT2D eigenvalue weighted by Gasteiger charge is 2.28. The second kappa shape index (κ2) is 39.1. The third kappa shape index (κ3) is 26.9. The molecule has 9 amide bonds. The SMILES string of the molecule is CCCN(CCC)C(=O)C1=Cc2ccc(C(=O)Nc3cnc4c(c3)CN(C(=O)CCCCCNC(=O)C(CC(=O)O)SCC(NC(=O)CCOCCOCCOCCOCCNC(=O)CNC(=O)CNC(=O)CN)C(N)=O)CC4)cc2N=C(N)C1. The number of aliphatic carboxylic acids is 1. The maximum atomic E-state index is 13.5. The van der Waals surface area contributed by atoms with Gasteiger partial charge < -0.3 is 83.0 Å². The Morgan fingerprint density at radius 2 is 1.44 bits per heavy atom. The fourth-order valence-corrected chi connectivity index (χ4v) is 9.67. The molecule has 0 radical (unpaired) electrons. The van der Waals surface area contributed by atoms with Crippen LogP contribution in [0.4, 0.5) is 11.4 Å². The van der Waals surface area contributed by atoms with Crippen molar-refractivity contribution >= 4 is 94.2 Å². The predicted molar refractivity (Wildman–Crippen MR) is 316 cm³/mol. The molecule has 2 aliphatic heterocycles. The van der Waals surface area contributed by atoms with E-state index in [1.165, 1.54) is 0 Å². The van der Waals surface area contributed by atoms with Gasteiger partial charge in [-0.25, -0.2) is 4.99 Å². The topological polar surface area (TPSA) is 410 Å². The molecule has 0 saturated heterocycles. The molecule has 0 spiro atoms. The minimum Gasteiger partial charge on any atom is -0.481 e. The number of hydrogen-bond acceptors (Lipinski definition) is 19. The van der Waals surface area contributed by atoms with Crippen molar-refractivity contribution in [3.63, 3.8) is 0 Å². The molecule has 29 heteroatoms. The van der Waals surface area contributed by atoms with Gasteiger partial charge in [-0.2, -0.15) is 0 Å². The summed E-state index contributed by atoms with van der Waals surface area (Å²) in [5.41, 5.74) is 21.1. The van der Waals surface area contributed by atoms with Crippen LogP contribution in [0.1, 0.15) is 98.8 Å². The molecule has 2 aliphatic rings. The molecule has 0 fully saturated rings. The number of rotatable bonds is 41. The van der Waals surface area contributed by atoms with Crippen LogP contribution in [0, 0.1) is 0 Å². The summed E-state index contributed by atoms with van der Waals surface area (Å²) in [6, 6.07) is 5.67. The first-order valence-corrected chi connectivity index (χ1v) is 29.5. The highest BCUT2D eigenvalue weighted by molar-refractivity contribution is 8.00. The van der Waals surface area contributed by atoms with E-state index in [0.717, 1.165) is 35.9 Å². The van der Waals surface area contributed by atoms with Crippen molar-refractivity contribution in [1.29, 1.82) is 0 Å². The van der Waals surface area contributed by atoms with E-state index in [9.17, 15) is 53.1 Å². The summed E-state index contributed by atoms with van der Waals surface area (Å²) < 4.78 is 21.7. The van der Waals surface area contributed by atoms with Crippen LogP contribution in [0.15, 0.2) is 41.0 Å². The molecule has 0 saturated carbocycles. The minimum absolute atomic E-state index is 0.00839. The maximum absolute atomic E-state index is 13.5. The highest BCUT2D eigenvalue weighted by atomic mass is 32.2. The number of aromatic nitrogens is 1. The molecule has 2 atom stereocenters. The number of ether oxygens (including phenoxy) is 4. The van der Waals surface area contributed by atoms with E-state index in [1.54, 1.807) is 35.4 Å². The number of amides is 9. The molecule has 13 N–H and O–H groups in total. The van der Waals surface area contributed by atoms with Crippen LogP contribution in [0.3, 0.4) is 0 Å². The number of benzene rings is 1. The normalized spacial score (nSPS) is 13.3. The molecule has 85 heavy (non-hydrogen) atoms. The lowest BCUT2D eigenvalue weighted by Gasteiger charge is -2.28. The van der Waals surface area contributed by atoms with Gasteiger partial charge in [0, 0.05) is 93.1 Å². The van der Waals surface area contributed by atoms with Gasteiger partial charge in [0.2, 0.25) is 47.3 Å². The summed E-state index contributed by atoms with van der Waals surface area (Å²) in [7, 11) is 0. The van der Waals surface area contributed by atoms with Crippen molar-refractivity contribution in [2.45, 2.75) is 95.9 Å². The van der Waals surface area contributed by atoms with Crippen LogP contribution < -0.4 is 49.1 Å². The van der Waals surface area contributed by atoms with Crippen molar-refractivity contribution in [2.24, 2.45) is 22.2 Å². The van der Waals surface area contributed by atoms with Gasteiger partial charge in [-0.1, -0.05) is 26.3 Å². The van der Waals surface area contributed by atoms with Gasteiger partial charge in [-0.05, 0) is 55.5 Å². The summed E-state index contributed by atoms with van der Waals surface area (Å²) in [6.45, 7) is 7.49. The average Bonchev–Trinajstić information content (AvgIpc) is 3.93. The molecular formula is C56H83N13O15S. The van der Waals surface area contributed by atoms with Crippen LogP contribution in [0.5, 0.6) is 0 Å². The van der Waals surface area contributed by atoms with Gasteiger partial charge in [-0.3, -0.25) is 52.9 Å². The van der Waals surface area contributed by atoms with Crippen molar-refractivity contribution in [3.05, 3.63) is 58.4 Å². The number of aliphatic imine (C=N–C) groups is 1. The number of nitrogens with one attached hydrogen (secondary N) is 6. The van der Waals surface area contributed by atoms with Gasteiger partial charge in [0.1, 0.15) is 11.9 Å². The number of nitrogens with zero attached hydrogens (tertiary/aromatic N) is 4. The zero-order chi connectivity index (χ0) is 61.9. The zero-order valence-corrected chi connectivity index (χ0v) is 49.3. The van der Waals surface area contributed by atoms with Crippen molar-refractivity contribution < 1.29 is 72.0 Å². The molecule has 468 valence electrons. The minimum atomic E-state index is -1.23. The van der Waals surface area contributed by atoms with E-state index < -0.39 is 65.0 Å². The van der Waals surface area contributed by atoms with E-state index in [2.05, 4.69) is 41.9 Å². The number of fused-ring (bicyclic) bond motifs is 2. The summed E-state index contributed by atoms with van der Waals surface area (Å²) in [5.74, 6) is -5.05. The molecule has 4 rings (SSSR count). The molecule has 3 heterocycles. The number of carbonyl (C=O) groups is 10. The highest BCUT2D eigenvalue weighted by Crippen LogP contribution is 2.29. The molecule has 2 unspecified atom stereocenters. The number of amidine groups is 1. The Bertz CT molecular complexity index is 2650. The van der Waals surface area contributed by atoms with Gasteiger partial charge in [0.15, 0.2) is 0 Å². The van der Waals surface area contributed by atoms with Gasteiger partial charge in [0.25, 0.3) is 5.91 Å². The largest absolute Gasteiger partial charge is 0.481 e. The second-order valence-corrected chi connectivity index (χ2v) is 21.0. The Morgan fingerprint density at radius 3 is 2.09 bits per heavy atom. The number of carboxylic acid groups (broad SMARTS) is 1. The van der Waals surface area contributed by atoms with E-state index >= 15 is 0 Å². The van der Waals surface area contributed by atoms with Crippen molar-refractivity contribution in [1.82, 2.24) is 41.4 Å². The van der Waals surface area contributed by atoms with E-state index in [-0.39, 0.29) is 128 Å². The third-order valence-corrected chi connectivity index (χ3v) is 14.2. The fraction of sp³-hybridized carbons (Fsp3) is 0.571. The number of unbranched alkanes of at least 4 members (excludes halogenated alkanes) is 2. The van der Waals surface area contributed by atoms with Gasteiger partial charge in [-0.15, -0.1) is 11.8 Å². The molecule has 2 aromatic rings. The zero-order valence-electron chi connectivity index (χ0n) is 48.5. The lowest BCUT2D eigenvalue weighted by Crippen LogP contribution is -2.47. The standard InChI is InChI=1S/C56H83N13O15S/c1-3-15-68(16-4-2)56(80)39-26-37-9-10-38(28-43(37)66-46(58)29-39)54(78)65-41-27-40-35-69(17-11-42(40)62-32-41)51(74)8-6-5-7-13-61-55(79)45(30-52(75)76)85-36-44(53(59)77)67-47(70)12-18-81-20-22-83-24-25-84-23-21-82-19-14-60-49(72)33-64-50(73)34-63-48(71)31-57/h9-10,26-28,32,44-45H,3-8,11-25,29-31,33-36,57H2,1-2H3,(H2,58,66)(H2,59,77)(H,60,72)(H,61,79)(H,63,71)(H,64,73)(H,65,78)(H,67,70)(H,75,76). The number of anilines is 1. The number of pyridine rings is 1. The number of primary amides is 1. The number of nitrogens with two attached hydrogens (primary N) is 3. The smallest absolute Gasteiger partial charge is 0.305 e. The van der Waals surface area contributed by atoms with Gasteiger partial charge in [0.05, 0.1) is 102 Å². The lowest BCUT2D eigenvalue weighted by atomic mass is 10.0. The fourth-order valence-electron chi connectivity index (χ4n) is 8.50. The molecule has 1 aromatic carbocycles. The summed E-state index contributed by atoms with van der Waals surface area (Å²) in [5, 5.41) is 23.8. The summed E-state index contributed by atoms with van der Waals surface area (Å²) in [6.07, 6.45) is 7.03. The first-order chi connectivity index (χ1) is 40.9. The van der Waals surface area contributed by atoms with E-state index in [1.807, 2.05) is 24.8 Å². The summed E-state index contributed by atoms with van der Waals surface area (Å²) in [4.78, 5) is 137. The van der Waals surface area contributed by atoms with Crippen LogP contribution >= 0.6 is 11.8 Å². The van der Waals surface area contributed by atoms with Crippen LogP contribution in [-0.4, -0.2) is 207 Å². The number of carboxylic acids is 1. The average molecular weight is 1210 g/mol. The third-order valence-electron chi connectivity index (χ3n) is 12.9. The van der Waals surface area contributed by atoms with Crippen LogP contribution in [-0.2, 0) is 75.1 Å². The summed E-state index contributed by atoms with van der Waals surface area (Å²) >= 11 is 0.881. The molecule has 28 nitrogen and oxygen atoms in total. The molecule has 1 aromatic heterocycles. The second-order valence-electron chi connectivity index (χ2n) is 19.7. The number of carbonyl (C=O) groups excluding carboxylic acids is 9. The number of thioether (sulfide) groups is 1.